The Bertz CT molecular complexity index is 1120. The molecule has 1 aromatic heterocycles. The van der Waals surface area contributed by atoms with Gasteiger partial charge in [-0.25, -0.2) is 0 Å². The van der Waals surface area contributed by atoms with E-state index in [1.807, 2.05) is 0 Å². The van der Waals surface area contributed by atoms with E-state index in [-0.39, 0.29) is 12.1 Å². The van der Waals surface area contributed by atoms with Crippen LogP contribution >= 0.6 is 11.3 Å². The highest BCUT2D eigenvalue weighted by molar-refractivity contribution is 7.16. The Morgan fingerprint density at radius 1 is 1.00 bits per heavy atom. The van der Waals surface area contributed by atoms with E-state index in [1.165, 1.54) is 21.7 Å². The number of carbonyl (C=O) groups is 1. The highest BCUT2D eigenvalue weighted by Gasteiger charge is 2.33. The SMILES string of the molecule is CCCN(CCC)c1ccc([C@@H]2NC(=O)c3c(sc4c3CCN(Cc3ccccc3)C4)N2)cc1. The second-order valence-electron chi connectivity index (χ2n) is 9.28. The lowest BCUT2D eigenvalue weighted by molar-refractivity contribution is 0.0934. The number of amides is 1. The molecule has 5 nitrogen and oxygen atoms in total. The van der Waals surface area contributed by atoms with Gasteiger partial charge in [0.25, 0.3) is 5.91 Å². The number of anilines is 2. The van der Waals surface area contributed by atoms with Crippen molar-refractivity contribution in [1.82, 2.24) is 10.2 Å². The number of nitrogens with one attached hydrogen (secondary N) is 2. The minimum atomic E-state index is -0.194. The maximum atomic E-state index is 13.2. The molecule has 2 aromatic carbocycles. The molecule has 5 rings (SSSR count). The van der Waals surface area contributed by atoms with Gasteiger partial charge in [0.15, 0.2) is 0 Å². The zero-order valence-corrected chi connectivity index (χ0v) is 21.0. The van der Waals surface area contributed by atoms with Crippen molar-refractivity contribution in [3.8, 4) is 0 Å². The molecule has 1 amide bonds. The van der Waals surface area contributed by atoms with Crippen molar-refractivity contribution >= 4 is 27.9 Å². The molecule has 2 aliphatic heterocycles. The molecule has 178 valence electrons. The van der Waals surface area contributed by atoms with Gasteiger partial charge in [-0.15, -0.1) is 11.3 Å². The summed E-state index contributed by atoms with van der Waals surface area (Å²) < 4.78 is 0. The molecular formula is C28H34N4OS. The first kappa shape index (κ1) is 22.9. The number of thiophene rings is 1. The molecule has 0 fully saturated rings. The standard InChI is InChI=1S/C28H34N4OS/c1-3-15-32(16-4-2)22-12-10-21(11-13-22)26-29-27(33)25-23-14-17-31(18-20-8-6-5-7-9-20)19-24(23)34-28(25)30-26/h5-13,26,30H,3-4,14-19H2,1-2H3,(H,29,33)/t26-/m1/s1. The Morgan fingerprint density at radius 2 is 1.74 bits per heavy atom. The predicted octanol–water partition coefficient (Wildman–Crippen LogP) is 5.79. The van der Waals surface area contributed by atoms with Gasteiger partial charge in [0.05, 0.1) is 5.56 Å². The Balaban J connectivity index is 1.31. The van der Waals surface area contributed by atoms with Crippen LogP contribution in [0, 0.1) is 0 Å². The van der Waals surface area contributed by atoms with E-state index in [0.717, 1.165) is 68.1 Å². The maximum absolute atomic E-state index is 13.2. The van der Waals surface area contributed by atoms with Crippen LogP contribution in [0.1, 0.15) is 64.8 Å². The molecule has 0 radical (unpaired) electrons. The van der Waals surface area contributed by atoms with Gasteiger partial charge in [0.1, 0.15) is 11.2 Å². The molecule has 0 unspecified atom stereocenters. The lowest BCUT2D eigenvalue weighted by Crippen LogP contribution is -2.38. The molecule has 0 saturated heterocycles. The summed E-state index contributed by atoms with van der Waals surface area (Å²) >= 11 is 1.75. The first-order chi connectivity index (χ1) is 16.7. The largest absolute Gasteiger partial charge is 0.372 e. The van der Waals surface area contributed by atoms with Crippen molar-refractivity contribution in [2.75, 3.05) is 29.9 Å². The van der Waals surface area contributed by atoms with E-state index in [9.17, 15) is 4.79 Å². The van der Waals surface area contributed by atoms with Gasteiger partial charge in [-0.05, 0) is 48.1 Å². The minimum Gasteiger partial charge on any atom is -0.372 e. The van der Waals surface area contributed by atoms with Crippen molar-refractivity contribution < 1.29 is 4.79 Å². The van der Waals surface area contributed by atoms with E-state index in [1.54, 1.807) is 11.3 Å². The fourth-order valence-electron chi connectivity index (χ4n) is 5.10. The number of benzene rings is 2. The summed E-state index contributed by atoms with van der Waals surface area (Å²) in [6.07, 6.45) is 3.00. The van der Waals surface area contributed by atoms with Crippen LogP contribution in [-0.2, 0) is 19.5 Å². The summed E-state index contributed by atoms with van der Waals surface area (Å²) in [6, 6.07) is 19.3. The number of hydrogen-bond donors (Lipinski definition) is 2. The fraction of sp³-hybridized carbons (Fsp3) is 0.393. The number of rotatable bonds is 8. The molecule has 0 aliphatic carbocycles. The molecule has 0 saturated carbocycles. The van der Waals surface area contributed by atoms with Crippen LogP contribution < -0.4 is 15.5 Å². The highest BCUT2D eigenvalue weighted by Crippen LogP contribution is 2.41. The molecule has 3 aromatic rings. The van der Waals surface area contributed by atoms with Crippen molar-refractivity contribution in [1.29, 1.82) is 0 Å². The molecule has 0 spiro atoms. The van der Waals surface area contributed by atoms with Gasteiger partial charge in [-0.1, -0.05) is 56.3 Å². The lowest BCUT2D eigenvalue weighted by Gasteiger charge is -2.29. The van der Waals surface area contributed by atoms with Crippen LogP contribution in [0.3, 0.4) is 0 Å². The maximum Gasteiger partial charge on any atom is 0.256 e. The minimum absolute atomic E-state index is 0.0513. The van der Waals surface area contributed by atoms with E-state index in [2.05, 4.69) is 88.9 Å². The first-order valence-electron chi connectivity index (χ1n) is 12.5. The van der Waals surface area contributed by atoms with Crippen LogP contribution in [0.4, 0.5) is 10.7 Å². The Kier molecular flexibility index (Phi) is 6.88. The summed E-state index contributed by atoms with van der Waals surface area (Å²) in [5, 5.41) is 7.84. The summed E-state index contributed by atoms with van der Waals surface area (Å²) in [4.78, 5) is 19.4. The van der Waals surface area contributed by atoms with Crippen molar-refractivity contribution in [3.63, 3.8) is 0 Å². The Labute approximate surface area is 206 Å². The van der Waals surface area contributed by atoms with E-state index >= 15 is 0 Å². The normalized spacial score (nSPS) is 17.5. The first-order valence-corrected chi connectivity index (χ1v) is 13.3. The Hall–Kier alpha value is -2.83. The summed E-state index contributed by atoms with van der Waals surface area (Å²) in [7, 11) is 0. The molecule has 34 heavy (non-hydrogen) atoms. The molecule has 2 aliphatic rings. The number of fused-ring (bicyclic) bond motifs is 3. The highest BCUT2D eigenvalue weighted by atomic mass is 32.1. The summed E-state index contributed by atoms with van der Waals surface area (Å²) in [5.74, 6) is 0.0513. The molecule has 2 N–H and O–H groups in total. The van der Waals surface area contributed by atoms with Gasteiger partial charge in [0, 0.05) is 43.3 Å². The second kappa shape index (κ2) is 10.2. The third-order valence-electron chi connectivity index (χ3n) is 6.74. The van der Waals surface area contributed by atoms with Crippen LogP contribution in [0.2, 0.25) is 0 Å². The summed E-state index contributed by atoms with van der Waals surface area (Å²) in [6.45, 7) is 9.41. The van der Waals surface area contributed by atoms with Gasteiger partial charge < -0.3 is 15.5 Å². The van der Waals surface area contributed by atoms with E-state index in [0.29, 0.717) is 0 Å². The average molecular weight is 475 g/mol. The predicted molar refractivity (Wildman–Crippen MR) is 142 cm³/mol. The van der Waals surface area contributed by atoms with Crippen LogP contribution in [0.25, 0.3) is 0 Å². The van der Waals surface area contributed by atoms with E-state index in [4.69, 9.17) is 0 Å². The summed E-state index contributed by atoms with van der Waals surface area (Å²) in [5.41, 5.74) is 5.78. The van der Waals surface area contributed by atoms with Crippen molar-refractivity contribution in [2.45, 2.75) is 52.4 Å². The van der Waals surface area contributed by atoms with Gasteiger partial charge in [-0.3, -0.25) is 9.69 Å². The monoisotopic (exact) mass is 474 g/mol. The van der Waals surface area contributed by atoms with E-state index < -0.39 is 0 Å². The fourth-order valence-corrected chi connectivity index (χ4v) is 6.41. The number of carbonyl (C=O) groups excluding carboxylic acids is 1. The van der Waals surface area contributed by atoms with Crippen molar-refractivity contribution in [2.24, 2.45) is 0 Å². The van der Waals surface area contributed by atoms with Crippen molar-refractivity contribution in [3.05, 3.63) is 81.7 Å². The zero-order valence-electron chi connectivity index (χ0n) is 20.1. The lowest BCUT2D eigenvalue weighted by atomic mass is 10.00. The third-order valence-corrected chi connectivity index (χ3v) is 7.89. The van der Waals surface area contributed by atoms with Gasteiger partial charge in [-0.2, -0.15) is 0 Å². The third kappa shape index (κ3) is 4.70. The molecule has 0 bridgehead atoms. The Morgan fingerprint density at radius 3 is 2.44 bits per heavy atom. The van der Waals surface area contributed by atoms with Crippen LogP contribution in [0.15, 0.2) is 54.6 Å². The zero-order chi connectivity index (χ0) is 23.5. The topological polar surface area (TPSA) is 47.6 Å². The van der Waals surface area contributed by atoms with Crippen LogP contribution in [-0.4, -0.2) is 30.4 Å². The van der Waals surface area contributed by atoms with Crippen LogP contribution in [0.5, 0.6) is 0 Å². The average Bonchev–Trinajstić information content (AvgIpc) is 3.23. The number of nitrogens with zero attached hydrogens (tertiary/aromatic N) is 2. The quantitative estimate of drug-likeness (QED) is 0.434. The molecule has 3 heterocycles. The smallest absolute Gasteiger partial charge is 0.256 e. The molecular weight excluding hydrogens is 440 g/mol. The van der Waals surface area contributed by atoms with Gasteiger partial charge >= 0.3 is 0 Å². The molecule has 6 heteroatoms. The molecule has 1 atom stereocenters. The number of hydrogen-bond acceptors (Lipinski definition) is 5. The second-order valence-corrected chi connectivity index (χ2v) is 10.4. The van der Waals surface area contributed by atoms with Gasteiger partial charge in [0.2, 0.25) is 0 Å².